The van der Waals surface area contributed by atoms with E-state index in [1.54, 1.807) is 19.2 Å². The van der Waals surface area contributed by atoms with Gasteiger partial charge in [-0.05, 0) is 29.7 Å². The Kier molecular flexibility index (Phi) is 4.53. The first-order chi connectivity index (χ1) is 11.5. The van der Waals surface area contributed by atoms with Crippen LogP contribution in [0.15, 0.2) is 54.6 Å². The highest BCUT2D eigenvalue weighted by Gasteiger charge is 2.48. The van der Waals surface area contributed by atoms with Gasteiger partial charge in [0.1, 0.15) is 5.82 Å². The average molecular weight is 328 g/mol. The van der Waals surface area contributed by atoms with E-state index in [9.17, 15) is 14.3 Å². The summed E-state index contributed by atoms with van der Waals surface area (Å²) in [5.74, 6) is -0.329. The second kappa shape index (κ2) is 6.61. The molecule has 0 saturated carbocycles. The number of nitrogens with zero attached hydrogens (tertiary/aromatic N) is 1. The monoisotopic (exact) mass is 328 g/mol. The molecule has 1 fully saturated rings. The lowest BCUT2D eigenvalue weighted by molar-refractivity contribution is 0.0930. The summed E-state index contributed by atoms with van der Waals surface area (Å²) in [5.41, 5.74) is 1.43. The zero-order chi connectivity index (χ0) is 17.2. The molecule has 126 valence electrons. The molecular formula is C19H21FN2O2. The highest BCUT2D eigenvalue weighted by atomic mass is 19.1. The minimum absolute atomic E-state index is 0.0422. The van der Waals surface area contributed by atoms with E-state index in [1.165, 1.54) is 17.0 Å². The zero-order valence-corrected chi connectivity index (χ0v) is 13.6. The Hall–Kier alpha value is -2.40. The summed E-state index contributed by atoms with van der Waals surface area (Å²) in [6.07, 6.45) is -0.354. The Balaban J connectivity index is 2.02. The van der Waals surface area contributed by atoms with E-state index >= 15 is 0 Å². The summed E-state index contributed by atoms with van der Waals surface area (Å²) in [6.45, 7) is 1.23. The van der Waals surface area contributed by atoms with Gasteiger partial charge in [-0.25, -0.2) is 9.18 Å². The summed E-state index contributed by atoms with van der Waals surface area (Å²) in [6, 6.07) is 16.3. The van der Waals surface area contributed by atoms with Gasteiger partial charge in [-0.2, -0.15) is 0 Å². The van der Waals surface area contributed by atoms with E-state index in [1.807, 2.05) is 30.3 Å². The summed E-state index contributed by atoms with van der Waals surface area (Å²) in [4.78, 5) is 13.2. The van der Waals surface area contributed by atoms with Gasteiger partial charge in [-0.3, -0.25) is 0 Å². The quantitative estimate of drug-likeness (QED) is 0.907. The molecule has 1 aliphatic rings. The highest BCUT2D eigenvalue weighted by Crippen LogP contribution is 2.39. The fourth-order valence-corrected chi connectivity index (χ4v) is 3.67. The Morgan fingerprint density at radius 2 is 1.92 bits per heavy atom. The van der Waals surface area contributed by atoms with Gasteiger partial charge < -0.3 is 15.3 Å². The molecular weight excluding hydrogens is 307 g/mol. The zero-order valence-electron chi connectivity index (χ0n) is 13.6. The number of hydrogen-bond donors (Lipinski definition) is 2. The number of benzene rings is 2. The lowest BCUT2D eigenvalue weighted by atomic mass is 9.76. The van der Waals surface area contributed by atoms with Crippen molar-refractivity contribution < 1.29 is 14.3 Å². The highest BCUT2D eigenvalue weighted by molar-refractivity contribution is 5.66. The number of carboxylic acid groups (broad SMARTS) is 1. The van der Waals surface area contributed by atoms with E-state index in [0.29, 0.717) is 19.5 Å². The molecule has 2 atom stereocenters. The summed E-state index contributed by atoms with van der Waals surface area (Å²) in [5, 5.41) is 13.0. The lowest BCUT2D eigenvalue weighted by Gasteiger charge is -2.41. The van der Waals surface area contributed by atoms with Crippen molar-refractivity contribution in [2.75, 3.05) is 20.1 Å². The molecule has 0 radical (unpaired) electrons. The van der Waals surface area contributed by atoms with E-state index in [0.717, 1.165) is 11.1 Å². The predicted molar refractivity (Wildman–Crippen MR) is 90.7 cm³/mol. The van der Waals surface area contributed by atoms with E-state index in [2.05, 4.69) is 5.32 Å². The van der Waals surface area contributed by atoms with E-state index in [4.69, 9.17) is 0 Å². The van der Waals surface area contributed by atoms with Crippen LogP contribution in [0.4, 0.5) is 9.18 Å². The molecule has 0 unspecified atom stereocenters. The number of nitrogens with one attached hydrogen (secondary N) is 1. The first kappa shape index (κ1) is 16.5. The summed E-state index contributed by atoms with van der Waals surface area (Å²) in [7, 11) is 1.62. The molecule has 1 saturated heterocycles. The van der Waals surface area contributed by atoms with Crippen LogP contribution in [0.3, 0.4) is 0 Å². The molecule has 0 bridgehead atoms. The van der Waals surface area contributed by atoms with E-state index in [-0.39, 0.29) is 11.7 Å². The maximum atomic E-state index is 13.3. The van der Waals surface area contributed by atoms with Crippen molar-refractivity contribution in [2.24, 2.45) is 0 Å². The number of carbonyl (C=O) groups is 1. The average Bonchev–Trinajstić information content (AvgIpc) is 3.00. The SMILES string of the molecule is CN(C(=O)O)[C@]1(Cc2ccccc2)CNC[C@H]1c1ccc(F)cc1. The molecule has 1 aliphatic heterocycles. The van der Waals surface area contributed by atoms with Crippen LogP contribution in [0.2, 0.25) is 0 Å². The van der Waals surface area contributed by atoms with Crippen molar-refractivity contribution in [1.82, 2.24) is 10.2 Å². The van der Waals surface area contributed by atoms with Crippen LogP contribution in [-0.2, 0) is 6.42 Å². The molecule has 5 heteroatoms. The molecule has 2 aromatic rings. The third-order valence-corrected chi connectivity index (χ3v) is 5.01. The van der Waals surface area contributed by atoms with Gasteiger partial charge in [0, 0.05) is 26.1 Å². The van der Waals surface area contributed by atoms with Crippen LogP contribution >= 0.6 is 0 Å². The van der Waals surface area contributed by atoms with Gasteiger partial charge in [-0.1, -0.05) is 42.5 Å². The van der Waals surface area contributed by atoms with Crippen molar-refractivity contribution in [3.63, 3.8) is 0 Å². The number of likely N-dealkylation sites (N-methyl/N-ethyl adjacent to an activating group) is 1. The molecule has 3 rings (SSSR count). The van der Waals surface area contributed by atoms with E-state index < -0.39 is 11.6 Å². The van der Waals surface area contributed by atoms with Gasteiger partial charge in [-0.15, -0.1) is 0 Å². The second-order valence-electron chi connectivity index (χ2n) is 6.34. The molecule has 4 nitrogen and oxygen atoms in total. The van der Waals surface area contributed by atoms with Crippen molar-refractivity contribution >= 4 is 6.09 Å². The summed E-state index contributed by atoms with van der Waals surface area (Å²) >= 11 is 0. The minimum Gasteiger partial charge on any atom is -0.465 e. The molecule has 24 heavy (non-hydrogen) atoms. The number of rotatable bonds is 4. The van der Waals surface area contributed by atoms with Crippen LogP contribution in [0.25, 0.3) is 0 Å². The maximum absolute atomic E-state index is 13.3. The third kappa shape index (κ3) is 2.99. The largest absolute Gasteiger partial charge is 0.465 e. The number of hydrogen-bond acceptors (Lipinski definition) is 2. The number of amides is 1. The van der Waals surface area contributed by atoms with Gasteiger partial charge in [0.25, 0.3) is 0 Å². The van der Waals surface area contributed by atoms with Crippen molar-refractivity contribution in [1.29, 1.82) is 0 Å². The first-order valence-corrected chi connectivity index (χ1v) is 8.00. The van der Waals surface area contributed by atoms with Gasteiger partial charge >= 0.3 is 6.09 Å². The van der Waals surface area contributed by atoms with Gasteiger partial charge in [0.2, 0.25) is 0 Å². The molecule has 0 aliphatic carbocycles. The van der Waals surface area contributed by atoms with Crippen LogP contribution in [-0.4, -0.2) is 41.8 Å². The molecule has 2 N–H and O–H groups in total. The minimum atomic E-state index is -0.957. The Bertz CT molecular complexity index is 705. The predicted octanol–water partition coefficient (Wildman–Crippen LogP) is 3.10. The molecule has 2 aromatic carbocycles. The molecule has 1 amide bonds. The standard InChI is InChI=1S/C19H21FN2O2/c1-22(18(23)24)19(11-14-5-3-2-4-6-14)13-21-12-17(19)15-7-9-16(20)10-8-15/h2-10,17,21H,11-13H2,1H3,(H,23,24)/t17-,19+/m0/s1. The van der Waals surface area contributed by atoms with Gasteiger partial charge in [0.15, 0.2) is 0 Å². The van der Waals surface area contributed by atoms with Crippen LogP contribution in [0.5, 0.6) is 0 Å². The summed E-state index contributed by atoms with van der Waals surface area (Å²) < 4.78 is 13.3. The second-order valence-corrected chi connectivity index (χ2v) is 6.34. The van der Waals surface area contributed by atoms with Crippen molar-refractivity contribution in [3.05, 3.63) is 71.5 Å². The molecule has 0 aromatic heterocycles. The van der Waals surface area contributed by atoms with Crippen LogP contribution in [0.1, 0.15) is 17.0 Å². The Morgan fingerprint density at radius 3 is 2.54 bits per heavy atom. The van der Waals surface area contributed by atoms with Crippen molar-refractivity contribution in [3.8, 4) is 0 Å². The Morgan fingerprint density at radius 1 is 1.25 bits per heavy atom. The van der Waals surface area contributed by atoms with Gasteiger partial charge in [0.05, 0.1) is 5.54 Å². The maximum Gasteiger partial charge on any atom is 0.407 e. The lowest BCUT2D eigenvalue weighted by Crippen LogP contribution is -2.55. The van der Waals surface area contributed by atoms with Crippen LogP contribution < -0.4 is 5.32 Å². The Labute approximate surface area is 140 Å². The molecule has 1 heterocycles. The molecule has 0 spiro atoms. The normalized spacial score (nSPS) is 23.2. The smallest absolute Gasteiger partial charge is 0.407 e. The number of halogens is 1. The fraction of sp³-hybridized carbons (Fsp3) is 0.316. The fourth-order valence-electron chi connectivity index (χ4n) is 3.67. The topological polar surface area (TPSA) is 52.6 Å². The third-order valence-electron chi connectivity index (χ3n) is 5.01. The van der Waals surface area contributed by atoms with Crippen molar-refractivity contribution in [2.45, 2.75) is 17.9 Å². The van der Waals surface area contributed by atoms with Crippen LogP contribution in [0, 0.1) is 5.82 Å². The first-order valence-electron chi connectivity index (χ1n) is 8.00.